The van der Waals surface area contributed by atoms with E-state index in [9.17, 15) is 26.7 Å². The molecule has 1 N–H and O–H groups in total. The van der Waals surface area contributed by atoms with Gasteiger partial charge >= 0.3 is 12.8 Å². The summed E-state index contributed by atoms with van der Waals surface area (Å²) >= 11 is 0. The number of rotatable bonds is 5. The van der Waals surface area contributed by atoms with Gasteiger partial charge in [0.2, 0.25) is 0 Å². The molecule has 0 aliphatic carbocycles. The Hall–Kier alpha value is -2.78. The van der Waals surface area contributed by atoms with E-state index in [1.54, 1.807) is 5.32 Å². The summed E-state index contributed by atoms with van der Waals surface area (Å²) in [4.78, 5) is 19.1. The number of carbonyl (C=O) groups excluding carboxylic acids is 1. The zero-order valence-corrected chi connectivity index (χ0v) is 11.8. The predicted octanol–water partition coefficient (Wildman–Crippen LogP) is 3.11. The molecular formula is C14H10F5N3O2. The molecule has 0 radical (unpaired) electrons. The smallest absolute Gasteiger partial charge is 0.413 e. The van der Waals surface area contributed by atoms with Gasteiger partial charge in [0.1, 0.15) is 11.4 Å². The Bertz CT molecular complexity index is 694. The monoisotopic (exact) mass is 347 g/mol. The van der Waals surface area contributed by atoms with E-state index >= 15 is 0 Å². The number of hydrogen-bond donors (Lipinski definition) is 1. The fraction of sp³-hybridized carbons (Fsp3) is 0.214. The van der Waals surface area contributed by atoms with Crippen molar-refractivity contribution in [3.05, 3.63) is 54.1 Å². The third kappa shape index (κ3) is 4.37. The number of nitrogens with zero attached hydrogens (tertiary/aromatic N) is 2. The first-order valence-electron chi connectivity index (χ1n) is 6.46. The van der Waals surface area contributed by atoms with Gasteiger partial charge in [0.05, 0.1) is 6.20 Å². The highest BCUT2D eigenvalue weighted by molar-refractivity contribution is 5.92. The number of hydrogen-bond acceptors (Lipinski definition) is 4. The van der Waals surface area contributed by atoms with Gasteiger partial charge in [-0.05, 0) is 6.07 Å². The number of ether oxygens (including phenoxy) is 1. The molecule has 0 aliphatic rings. The van der Waals surface area contributed by atoms with Crippen LogP contribution in [-0.4, -0.2) is 28.7 Å². The first kappa shape index (κ1) is 17.6. The van der Waals surface area contributed by atoms with Crippen molar-refractivity contribution in [3.63, 3.8) is 0 Å². The Morgan fingerprint density at radius 1 is 1.17 bits per heavy atom. The van der Waals surface area contributed by atoms with Crippen LogP contribution in [0.3, 0.4) is 0 Å². The lowest BCUT2D eigenvalue weighted by Crippen LogP contribution is -2.38. The third-order valence-corrected chi connectivity index (χ3v) is 2.84. The van der Waals surface area contributed by atoms with Crippen molar-refractivity contribution >= 4 is 5.91 Å². The molecule has 1 atom stereocenters. The van der Waals surface area contributed by atoms with Crippen molar-refractivity contribution in [2.75, 3.05) is 0 Å². The molecule has 1 aromatic heterocycles. The topological polar surface area (TPSA) is 64.1 Å². The lowest BCUT2D eigenvalue weighted by Gasteiger charge is -2.23. The standard InChI is InChI=1S/C14H10F5N3O2/c15-13(16)24-10-4-2-1-3-8(10)11(14(17,18)19)22-12(23)9-7-20-5-6-21-9/h1-7,11,13H,(H,22,23)/t11-/m1/s1. The molecule has 0 saturated heterocycles. The number of halogens is 5. The summed E-state index contributed by atoms with van der Waals surface area (Å²) in [6.45, 7) is -3.31. The van der Waals surface area contributed by atoms with Crippen LogP contribution in [0.5, 0.6) is 5.75 Å². The van der Waals surface area contributed by atoms with Crippen LogP contribution in [0, 0.1) is 0 Å². The maximum atomic E-state index is 13.3. The molecule has 24 heavy (non-hydrogen) atoms. The third-order valence-electron chi connectivity index (χ3n) is 2.84. The summed E-state index contributed by atoms with van der Waals surface area (Å²) < 4.78 is 68.8. The average molecular weight is 347 g/mol. The number of benzene rings is 1. The highest BCUT2D eigenvalue weighted by Crippen LogP contribution is 2.37. The van der Waals surface area contributed by atoms with Gasteiger partial charge in [-0.15, -0.1) is 0 Å². The predicted molar refractivity (Wildman–Crippen MR) is 71.4 cm³/mol. The molecule has 0 unspecified atom stereocenters. The summed E-state index contributed by atoms with van der Waals surface area (Å²) in [6.07, 6.45) is -1.60. The fourth-order valence-corrected chi connectivity index (χ4v) is 1.88. The van der Waals surface area contributed by atoms with Crippen molar-refractivity contribution in [2.24, 2.45) is 0 Å². The van der Waals surface area contributed by atoms with E-state index in [-0.39, 0.29) is 5.69 Å². The quantitative estimate of drug-likeness (QED) is 0.844. The lowest BCUT2D eigenvalue weighted by molar-refractivity contribution is -0.156. The van der Waals surface area contributed by atoms with E-state index < -0.39 is 36.0 Å². The van der Waals surface area contributed by atoms with E-state index in [0.717, 1.165) is 24.5 Å². The van der Waals surface area contributed by atoms with Crippen LogP contribution in [0.2, 0.25) is 0 Å². The summed E-state index contributed by atoms with van der Waals surface area (Å²) in [5.41, 5.74) is -0.999. The Kier molecular flexibility index (Phi) is 5.27. The number of amides is 1. The molecule has 1 aromatic carbocycles. The van der Waals surface area contributed by atoms with Crippen molar-refractivity contribution < 1.29 is 31.5 Å². The summed E-state index contributed by atoms with van der Waals surface area (Å²) in [5.74, 6) is -1.84. The lowest BCUT2D eigenvalue weighted by atomic mass is 10.0. The van der Waals surface area contributed by atoms with Gasteiger partial charge in [0, 0.05) is 18.0 Å². The van der Waals surface area contributed by atoms with Crippen LogP contribution in [-0.2, 0) is 0 Å². The first-order valence-corrected chi connectivity index (χ1v) is 6.46. The van der Waals surface area contributed by atoms with Gasteiger partial charge in [-0.2, -0.15) is 22.0 Å². The first-order chi connectivity index (χ1) is 11.3. The molecule has 1 amide bonds. The molecule has 0 spiro atoms. The number of para-hydroxylation sites is 1. The van der Waals surface area contributed by atoms with E-state index in [1.165, 1.54) is 18.3 Å². The number of alkyl halides is 5. The molecule has 1 heterocycles. The van der Waals surface area contributed by atoms with Gasteiger partial charge < -0.3 is 10.1 Å². The maximum Gasteiger partial charge on any atom is 0.413 e. The second-order valence-corrected chi connectivity index (χ2v) is 4.46. The SMILES string of the molecule is O=C(N[C@H](c1ccccc1OC(F)F)C(F)(F)F)c1cnccn1. The Morgan fingerprint density at radius 3 is 2.46 bits per heavy atom. The van der Waals surface area contributed by atoms with Gasteiger partial charge in [-0.3, -0.25) is 9.78 Å². The van der Waals surface area contributed by atoms with Gasteiger partial charge in [-0.1, -0.05) is 18.2 Å². The minimum Gasteiger partial charge on any atom is -0.434 e. The minimum atomic E-state index is -4.94. The summed E-state index contributed by atoms with van der Waals surface area (Å²) in [7, 11) is 0. The van der Waals surface area contributed by atoms with Gasteiger partial charge in [0.15, 0.2) is 6.04 Å². The van der Waals surface area contributed by atoms with E-state index in [1.807, 2.05) is 0 Å². The van der Waals surface area contributed by atoms with Crippen LogP contribution in [0.15, 0.2) is 42.9 Å². The molecule has 5 nitrogen and oxygen atoms in total. The highest BCUT2D eigenvalue weighted by atomic mass is 19.4. The summed E-state index contributed by atoms with van der Waals surface area (Å²) in [5, 5.41) is 1.71. The van der Waals surface area contributed by atoms with Crippen LogP contribution < -0.4 is 10.1 Å². The molecule has 2 aromatic rings. The molecular weight excluding hydrogens is 337 g/mol. The Morgan fingerprint density at radius 2 is 1.88 bits per heavy atom. The van der Waals surface area contributed by atoms with Crippen LogP contribution in [0.25, 0.3) is 0 Å². The number of carbonyl (C=O) groups is 1. The molecule has 2 rings (SSSR count). The summed E-state index contributed by atoms with van der Waals surface area (Å²) in [6, 6.07) is 1.78. The largest absolute Gasteiger partial charge is 0.434 e. The molecule has 10 heteroatoms. The van der Waals surface area contributed by atoms with Gasteiger partial charge in [-0.25, -0.2) is 4.98 Å². The van der Waals surface area contributed by atoms with Crippen LogP contribution >= 0.6 is 0 Å². The molecule has 0 saturated carbocycles. The normalized spacial score (nSPS) is 12.8. The molecule has 128 valence electrons. The maximum absolute atomic E-state index is 13.3. The zero-order chi connectivity index (χ0) is 17.7. The van der Waals surface area contributed by atoms with Crippen molar-refractivity contribution in [3.8, 4) is 5.75 Å². The fourth-order valence-electron chi connectivity index (χ4n) is 1.88. The van der Waals surface area contributed by atoms with Crippen molar-refractivity contribution in [1.82, 2.24) is 15.3 Å². The average Bonchev–Trinajstić information content (AvgIpc) is 2.52. The van der Waals surface area contributed by atoms with E-state index in [4.69, 9.17) is 0 Å². The Labute approximate surface area is 132 Å². The van der Waals surface area contributed by atoms with Crippen molar-refractivity contribution in [1.29, 1.82) is 0 Å². The number of aromatic nitrogens is 2. The minimum absolute atomic E-state index is 0.348. The molecule has 0 bridgehead atoms. The second-order valence-electron chi connectivity index (χ2n) is 4.46. The van der Waals surface area contributed by atoms with E-state index in [2.05, 4.69) is 14.7 Å². The zero-order valence-electron chi connectivity index (χ0n) is 11.8. The van der Waals surface area contributed by atoms with Gasteiger partial charge in [0.25, 0.3) is 5.91 Å². The Balaban J connectivity index is 2.35. The van der Waals surface area contributed by atoms with Crippen LogP contribution in [0.4, 0.5) is 22.0 Å². The highest BCUT2D eigenvalue weighted by Gasteiger charge is 2.43. The second kappa shape index (κ2) is 7.20. The molecule has 0 aliphatic heterocycles. The van der Waals surface area contributed by atoms with Crippen LogP contribution in [0.1, 0.15) is 22.1 Å². The van der Waals surface area contributed by atoms with E-state index in [0.29, 0.717) is 0 Å². The molecule has 0 fully saturated rings. The number of nitrogens with one attached hydrogen (secondary N) is 1. The van der Waals surface area contributed by atoms with Crippen molar-refractivity contribution in [2.45, 2.75) is 18.8 Å².